The van der Waals surface area contributed by atoms with E-state index in [9.17, 15) is 14.4 Å². The highest BCUT2D eigenvalue weighted by molar-refractivity contribution is 5.71. The van der Waals surface area contributed by atoms with E-state index >= 15 is 0 Å². The van der Waals surface area contributed by atoms with Gasteiger partial charge in [-0.2, -0.15) is 0 Å². The SMILES string of the molecule is CC/C=C\C/C=C\C/C=C\C/C=C\C/C=C\C/C=C\C/C=C\C/C=C\CCCCC(=O)OCC(COC(=O)CCCCCCCCCCCCCC)OC(=O)CCCCCCC/C=C\C/C=C\CCCC. The molecule has 0 bridgehead atoms. The smallest absolute Gasteiger partial charge is 0.306 e. The molecule has 1 unspecified atom stereocenters. The molecule has 0 fully saturated rings. The van der Waals surface area contributed by atoms with E-state index in [0.717, 1.165) is 128 Å². The second-order valence-corrected chi connectivity index (χ2v) is 18.8. The number of carbonyl (C=O) groups is 3. The molecule has 0 saturated carbocycles. The third-order valence-electron chi connectivity index (χ3n) is 12.0. The van der Waals surface area contributed by atoms with Crippen LogP contribution in [0.1, 0.15) is 252 Å². The summed E-state index contributed by atoms with van der Waals surface area (Å²) in [6, 6.07) is 0. The van der Waals surface area contributed by atoms with Gasteiger partial charge in [-0.1, -0.05) is 245 Å². The second-order valence-electron chi connectivity index (χ2n) is 18.8. The molecule has 0 aliphatic rings. The van der Waals surface area contributed by atoms with Crippen molar-refractivity contribution in [2.45, 2.75) is 258 Å². The predicted octanol–water partition coefficient (Wildman–Crippen LogP) is 19.6. The predicted molar refractivity (Wildman–Crippen MR) is 306 cm³/mol. The van der Waals surface area contributed by atoms with E-state index in [1.165, 1.54) is 77.0 Å². The summed E-state index contributed by atoms with van der Waals surface area (Å²) in [5, 5.41) is 0. The highest BCUT2D eigenvalue weighted by Crippen LogP contribution is 2.14. The van der Waals surface area contributed by atoms with Crippen LogP contribution in [0.5, 0.6) is 0 Å². The zero-order valence-corrected chi connectivity index (χ0v) is 45.9. The van der Waals surface area contributed by atoms with Crippen LogP contribution in [0.2, 0.25) is 0 Å². The van der Waals surface area contributed by atoms with Crippen LogP contribution in [0.25, 0.3) is 0 Å². The number of allylic oxidation sites excluding steroid dienone is 20. The standard InChI is InChI=1S/C65H106O6/c1-4-7-10-13-16-19-22-25-27-28-29-30-31-32-33-34-35-36-37-38-39-41-43-46-49-52-55-58-64(67)70-61-62(60-69-63(66)57-54-51-48-45-42-24-21-18-15-12-9-6-3)71-65(68)59-56-53-50-47-44-40-26-23-20-17-14-11-8-5-2/h7,10,14,16-17,19,23,25-27,29-30,32-33,35-36,38-39,43,46,62H,4-6,8-9,11-13,15,18,20-22,24,28,31,34,37,40-42,44-45,47-61H2,1-3H3/b10-7-,17-14-,19-16-,26-23-,27-25-,30-29-,33-32-,36-35-,39-38-,46-43-. The van der Waals surface area contributed by atoms with E-state index in [0.29, 0.717) is 25.7 Å². The highest BCUT2D eigenvalue weighted by atomic mass is 16.6. The Hall–Kier alpha value is -4.19. The zero-order chi connectivity index (χ0) is 51.4. The molecule has 0 aliphatic carbocycles. The molecule has 0 aromatic heterocycles. The van der Waals surface area contributed by atoms with Gasteiger partial charge in [0, 0.05) is 19.3 Å². The van der Waals surface area contributed by atoms with Crippen LogP contribution >= 0.6 is 0 Å². The van der Waals surface area contributed by atoms with Crippen molar-refractivity contribution < 1.29 is 28.6 Å². The quantitative estimate of drug-likeness (QED) is 0.0261. The van der Waals surface area contributed by atoms with Crippen molar-refractivity contribution in [2.24, 2.45) is 0 Å². The third-order valence-corrected chi connectivity index (χ3v) is 12.0. The second kappa shape index (κ2) is 58.4. The molecule has 71 heavy (non-hydrogen) atoms. The van der Waals surface area contributed by atoms with E-state index in [1.54, 1.807) is 0 Å². The van der Waals surface area contributed by atoms with Crippen LogP contribution in [0.3, 0.4) is 0 Å². The fraction of sp³-hybridized carbons (Fsp3) is 0.646. The van der Waals surface area contributed by atoms with E-state index in [4.69, 9.17) is 14.2 Å². The van der Waals surface area contributed by atoms with Gasteiger partial charge in [-0.15, -0.1) is 0 Å². The molecule has 0 heterocycles. The molecule has 0 aromatic carbocycles. The Morgan fingerprint density at radius 1 is 0.296 bits per heavy atom. The Kier molecular flexibility index (Phi) is 54.9. The monoisotopic (exact) mass is 983 g/mol. The first-order chi connectivity index (χ1) is 35.0. The summed E-state index contributed by atoms with van der Waals surface area (Å²) in [5.74, 6) is -0.960. The normalized spacial score (nSPS) is 13.0. The molecule has 0 amide bonds. The molecular formula is C65H106O6. The van der Waals surface area contributed by atoms with E-state index < -0.39 is 6.10 Å². The molecular weight excluding hydrogens is 877 g/mol. The van der Waals surface area contributed by atoms with E-state index in [1.807, 2.05) is 0 Å². The average molecular weight is 984 g/mol. The average Bonchev–Trinajstić information content (AvgIpc) is 3.37. The van der Waals surface area contributed by atoms with Gasteiger partial charge in [0.1, 0.15) is 13.2 Å². The largest absolute Gasteiger partial charge is 0.462 e. The summed E-state index contributed by atoms with van der Waals surface area (Å²) < 4.78 is 16.8. The van der Waals surface area contributed by atoms with Gasteiger partial charge in [-0.25, -0.2) is 0 Å². The molecule has 0 radical (unpaired) electrons. The molecule has 0 saturated heterocycles. The summed E-state index contributed by atoms with van der Waals surface area (Å²) in [4.78, 5) is 38.1. The molecule has 6 heteroatoms. The van der Waals surface area contributed by atoms with Gasteiger partial charge < -0.3 is 14.2 Å². The number of rotatable bonds is 51. The first-order valence-corrected chi connectivity index (χ1v) is 29.0. The minimum Gasteiger partial charge on any atom is -0.462 e. The summed E-state index contributed by atoms with van der Waals surface area (Å²) in [7, 11) is 0. The van der Waals surface area contributed by atoms with Crippen LogP contribution in [0.4, 0.5) is 0 Å². The van der Waals surface area contributed by atoms with Crippen molar-refractivity contribution in [3.05, 3.63) is 122 Å². The summed E-state index contributed by atoms with van der Waals surface area (Å²) in [5.41, 5.74) is 0. The summed E-state index contributed by atoms with van der Waals surface area (Å²) in [6.45, 7) is 6.43. The van der Waals surface area contributed by atoms with Crippen LogP contribution in [-0.4, -0.2) is 37.2 Å². The number of esters is 3. The lowest BCUT2D eigenvalue weighted by molar-refractivity contribution is -0.167. The van der Waals surface area contributed by atoms with Crippen LogP contribution in [-0.2, 0) is 28.6 Å². The number of unbranched alkanes of at least 4 members (excludes halogenated alkanes) is 20. The summed E-state index contributed by atoms with van der Waals surface area (Å²) in [6.07, 6.45) is 80.5. The first kappa shape index (κ1) is 66.8. The van der Waals surface area contributed by atoms with Crippen LogP contribution < -0.4 is 0 Å². The number of carbonyl (C=O) groups excluding carboxylic acids is 3. The van der Waals surface area contributed by atoms with Crippen molar-refractivity contribution in [2.75, 3.05) is 13.2 Å². The number of hydrogen-bond donors (Lipinski definition) is 0. The van der Waals surface area contributed by atoms with Gasteiger partial charge in [0.15, 0.2) is 6.10 Å². The molecule has 0 spiro atoms. The lowest BCUT2D eigenvalue weighted by Gasteiger charge is -2.18. The van der Waals surface area contributed by atoms with Gasteiger partial charge in [0.25, 0.3) is 0 Å². The van der Waals surface area contributed by atoms with Gasteiger partial charge in [0.05, 0.1) is 0 Å². The van der Waals surface area contributed by atoms with Gasteiger partial charge >= 0.3 is 17.9 Å². The molecule has 0 aliphatic heterocycles. The Labute approximate surface area is 437 Å². The third kappa shape index (κ3) is 56.6. The zero-order valence-electron chi connectivity index (χ0n) is 45.9. The van der Waals surface area contributed by atoms with Crippen LogP contribution in [0.15, 0.2) is 122 Å². The highest BCUT2D eigenvalue weighted by Gasteiger charge is 2.19. The molecule has 0 rings (SSSR count). The molecule has 402 valence electrons. The van der Waals surface area contributed by atoms with Gasteiger partial charge in [-0.05, 0) is 109 Å². The maximum absolute atomic E-state index is 12.8. The molecule has 6 nitrogen and oxygen atoms in total. The number of hydrogen-bond acceptors (Lipinski definition) is 6. The van der Waals surface area contributed by atoms with Crippen molar-refractivity contribution in [3.8, 4) is 0 Å². The van der Waals surface area contributed by atoms with Crippen molar-refractivity contribution >= 4 is 17.9 Å². The Morgan fingerprint density at radius 3 is 0.930 bits per heavy atom. The van der Waals surface area contributed by atoms with Crippen molar-refractivity contribution in [1.29, 1.82) is 0 Å². The Morgan fingerprint density at radius 2 is 0.563 bits per heavy atom. The van der Waals surface area contributed by atoms with E-state index in [2.05, 4.69) is 142 Å². The lowest BCUT2D eigenvalue weighted by atomic mass is 10.0. The lowest BCUT2D eigenvalue weighted by Crippen LogP contribution is -2.30. The van der Waals surface area contributed by atoms with Crippen molar-refractivity contribution in [3.63, 3.8) is 0 Å². The van der Waals surface area contributed by atoms with E-state index in [-0.39, 0.29) is 31.1 Å². The minimum atomic E-state index is -0.805. The first-order valence-electron chi connectivity index (χ1n) is 29.0. The molecule has 1 atom stereocenters. The Balaban J connectivity index is 4.42. The summed E-state index contributed by atoms with van der Waals surface area (Å²) >= 11 is 0. The number of ether oxygens (including phenoxy) is 3. The molecule has 0 aromatic rings. The fourth-order valence-electron chi connectivity index (χ4n) is 7.59. The maximum atomic E-state index is 12.8. The minimum absolute atomic E-state index is 0.0984. The fourth-order valence-corrected chi connectivity index (χ4v) is 7.59. The maximum Gasteiger partial charge on any atom is 0.306 e. The topological polar surface area (TPSA) is 78.9 Å². The Bertz CT molecular complexity index is 1500. The van der Waals surface area contributed by atoms with Gasteiger partial charge in [-0.3, -0.25) is 14.4 Å². The van der Waals surface area contributed by atoms with Crippen molar-refractivity contribution in [1.82, 2.24) is 0 Å². The van der Waals surface area contributed by atoms with Crippen LogP contribution in [0, 0.1) is 0 Å². The molecule has 0 N–H and O–H groups in total. The van der Waals surface area contributed by atoms with Gasteiger partial charge in [0.2, 0.25) is 0 Å².